The van der Waals surface area contributed by atoms with Gasteiger partial charge in [0.25, 0.3) is 0 Å². The lowest BCUT2D eigenvalue weighted by atomic mass is 9.91. The van der Waals surface area contributed by atoms with E-state index in [-0.39, 0.29) is 5.75 Å². The summed E-state index contributed by atoms with van der Waals surface area (Å²) < 4.78 is 40.3. The van der Waals surface area contributed by atoms with Crippen LogP contribution in [0.3, 0.4) is 0 Å². The van der Waals surface area contributed by atoms with Crippen LogP contribution in [0.2, 0.25) is 0 Å². The molecule has 23 heavy (non-hydrogen) atoms. The van der Waals surface area contributed by atoms with Crippen LogP contribution in [0.1, 0.15) is 37.7 Å². The second-order valence-electron chi connectivity index (χ2n) is 6.54. The van der Waals surface area contributed by atoms with Crippen molar-refractivity contribution in [3.8, 4) is 5.75 Å². The monoisotopic (exact) mass is 328 g/mol. The molecule has 1 N–H and O–H groups in total. The molecule has 1 aromatic carbocycles. The molecule has 2 aliphatic rings. The molecular weight excluding hydrogens is 305 g/mol. The highest BCUT2D eigenvalue weighted by atomic mass is 19.4. The second kappa shape index (κ2) is 7.09. The Hall–Kier alpha value is -1.27. The second-order valence-corrected chi connectivity index (χ2v) is 6.54. The van der Waals surface area contributed by atoms with Crippen LogP contribution in [-0.4, -0.2) is 36.4 Å². The van der Waals surface area contributed by atoms with Crippen LogP contribution in [0.4, 0.5) is 13.2 Å². The highest BCUT2D eigenvalue weighted by Gasteiger charge is 2.31. The molecule has 6 heteroatoms. The van der Waals surface area contributed by atoms with Crippen LogP contribution >= 0.6 is 0 Å². The van der Waals surface area contributed by atoms with Crippen molar-refractivity contribution >= 4 is 0 Å². The number of hydrogen-bond donors (Lipinski definition) is 1. The molecular formula is C17H23F3N2O. The standard InChI is InChI=1S/C17H23F3N2O/c18-17(19,20)23-16-6-4-13(5-7-16)12-22-10-8-15(9-11-22)21-14-2-1-3-14/h4-7,14-15,21H,1-3,8-12H2. The Kier molecular flexibility index (Phi) is 5.11. The number of alkyl halides is 3. The lowest BCUT2D eigenvalue weighted by Gasteiger charge is -2.37. The van der Waals surface area contributed by atoms with Gasteiger partial charge in [-0.05, 0) is 56.5 Å². The third kappa shape index (κ3) is 5.11. The molecule has 0 spiro atoms. The van der Waals surface area contributed by atoms with Crippen molar-refractivity contribution in [1.82, 2.24) is 10.2 Å². The van der Waals surface area contributed by atoms with Crippen molar-refractivity contribution in [2.75, 3.05) is 13.1 Å². The van der Waals surface area contributed by atoms with Gasteiger partial charge in [-0.1, -0.05) is 18.6 Å². The number of ether oxygens (including phenoxy) is 1. The Balaban J connectivity index is 1.43. The minimum Gasteiger partial charge on any atom is -0.406 e. The summed E-state index contributed by atoms with van der Waals surface area (Å²) in [7, 11) is 0. The van der Waals surface area contributed by atoms with E-state index in [9.17, 15) is 13.2 Å². The quantitative estimate of drug-likeness (QED) is 0.892. The summed E-state index contributed by atoms with van der Waals surface area (Å²) in [6.07, 6.45) is 1.64. The third-order valence-electron chi connectivity index (χ3n) is 4.73. The number of piperidine rings is 1. The van der Waals surface area contributed by atoms with Crippen LogP contribution < -0.4 is 10.1 Å². The number of nitrogens with one attached hydrogen (secondary N) is 1. The summed E-state index contributed by atoms with van der Waals surface area (Å²) in [5, 5.41) is 3.72. The van der Waals surface area contributed by atoms with Gasteiger partial charge in [-0.15, -0.1) is 13.2 Å². The molecule has 3 nitrogen and oxygen atoms in total. The summed E-state index contributed by atoms with van der Waals surface area (Å²) in [6, 6.07) is 7.54. The summed E-state index contributed by atoms with van der Waals surface area (Å²) >= 11 is 0. The summed E-state index contributed by atoms with van der Waals surface area (Å²) in [4.78, 5) is 2.36. The molecule has 1 saturated heterocycles. The summed E-state index contributed by atoms with van der Waals surface area (Å²) in [5.41, 5.74) is 1.02. The Labute approximate surface area is 134 Å². The van der Waals surface area contributed by atoms with Crippen molar-refractivity contribution in [3.63, 3.8) is 0 Å². The van der Waals surface area contributed by atoms with Gasteiger partial charge in [0.05, 0.1) is 0 Å². The fourth-order valence-electron chi connectivity index (χ4n) is 3.22. The third-order valence-corrected chi connectivity index (χ3v) is 4.73. The van der Waals surface area contributed by atoms with Gasteiger partial charge in [-0.25, -0.2) is 0 Å². The van der Waals surface area contributed by atoms with E-state index in [0.717, 1.165) is 44.1 Å². The van der Waals surface area contributed by atoms with Gasteiger partial charge in [0, 0.05) is 18.6 Å². The van der Waals surface area contributed by atoms with Crippen molar-refractivity contribution in [2.45, 2.75) is 57.1 Å². The normalized spacial score (nSPS) is 21.2. The van der Waals surface area contributed by atoms with Crippen molar-refractivity contribution < 1.29 is 17.9 Å². The van der Waals surface area contributed by atoms with Gasteiger partial charge >= 0.3 is 6.36 Å². The first kappa shape index (κ1) is 16.6. The summed E-state index contributed by atoms with van der Waals surface area (Å²) in [5.74, 6) is -0.162. The smallest absolute Gasteiger partial charge is 0.406 e. The minimum atomic E-state index is -4.63. The van der Waals surface area contributed by atoms with Gasteiger partial charge in [0.1, 0.15) is 5.75 Å². The maximum Gasteiger partial charge on any atom is 0.573 e. The fraction of sp³-hybridized carbons (Fsp3) is 0.647. The highest BCUT2D eigenvalue weighted by Crippen LogP contribution is 2.24. The zero-order valence-electron chi connectivity index (χ0n) is 13.1. The summed E-state index contributed by atoms with van der Waals surface area (Å²) in [6.45, 7) is 2.85. The zero-order valence-corrected chi connectivity index (χ0v) is 13.1. The molecule has 1 aliphatic heterocycles. The van der Waals surface area contributed by atoms with Crippen molar-refractivity contribution in [3.05, 3.63) is 29.8 Å². The maximum atomic E-state index is 12.1. The number of halogens is 3. The van der Waals surface area contributed by atoms with E-state index in [1.54, 1.807) is 12.1 Å². The lowest BCUT2D eigenvalue weighted by molar-refractivity contribution is -0.274. The Morgan fingerprint density at radius 3 is 2.13 bits per heavy atom. The van der Waals surface area contributed by atoms with Crippen LogP contribution in [0.5, 0.6) is 5.75 Å². The first-order chi connectivity index (χ1) is 11.0. The predicted octanol–water partition coefficient (Wildman–Crippen LogP) is 3.69. The van der Waals surface area contributed by atoms with E-state index in [0.29, 0.717) is 6.04 Å². The number of nitrogens with zero attached hydrogens (tertiary/aromatic N) is 1. The number of benzene rings is 1. The molecule has 1 saturated carbocycles. The molecule has 2 fully saturated rings. The fourth-order valence-corrected chi connectivity index (χ4v) is 3.22. The maximum absolute atomic E-state index is 12.1. The zero-order chi connectivity index (χ0) is 16.3. The Morgan fingerprint density at radius 2 is 1.61 bits per heavy atom. The van der Waals surface area contributed by atoms with Gasteiger partial charge < -0.3 is 10.1 Å². The first-order valence-electron chi connectivity index (χ1n) is 8.31. The van der Waals surface area contributed by atoms with E-state index in [1.807, 2.05) is 0 Å². The van der Waals surface area contributed by atoms with Crippen LogP contribution in [0.15, 0.2) is 24.3 Å². The number of likely N-dealkylation sites (tertiary alicyclic amines) is 1. The first-order valence-corrected chi connectivity index (χ1v) is 8.31. The van der Waals surface area contributed by atoms with Crippen molar-refractivity contribution in [2.24, 2.45) is 0 Å². The molecule has 0 radical (unpaired) electrons. The number of rotatable bonds is 5. The van der Waals surface area contributed by atoms with E-state index in [2.05, 4.69) is 15.0 Å². The Morgan fingerprint density at radius 1 is 1.00 bits per heavy atom. The van der Waals surface area contributed by atoms with E-state index < -0.39 is 6.36 Å². The van der Waals surface area contributed by atoms with Crippen molar-refractivity contribution in [1.29, 1.82) is 0 Å². The molecule has 0 unspecified atom stereocenters. The Bertz CT molecular complexity index is 492. The molecule has 0 amide bonds. The molecule has 1 heterocycles. The lowest BCUT2D eigenvalue weighted by Crippen LogP contribution is -2.48. The molecule has 0 aromatic heterocycles. The van der Waals surface area contributed by atoms with Gasteiger partial charge in [-0.2, -0.15) is 0 Å². The van der Waals surface area contributed by atoms with Crippen LogP contribution in [0.25, 0.3) is 0 Å². The molecule has 0 atom stereocenters. The highest BCUT2D eigenvalue weighted by molar-refractivity contribution is 5.27. The average Bonchev–Trinajstić information content (AvgIpc) is 2.45. The number of hydrogen-bond acceptors (Lipinski definition) is 3. The molecule has 1 aromatic rings. The van der Waals surface area contributed by atoms with Gasteiger partial charge in [0.15, 0.2) is 0 Å². The SMILES string of the molecule is FC(F)(F)Oc1ccc(CN2CCC(NC3CCC3)CC2)cc1. The largest absolute Gasteiger partial charge is 0.573 e. The van der Waals surface area contributed by atoms with E-state index in [1.165, 1.54) is 31.4 Å². The average molecular weight is 328 g/mol. The van der Waals surface area contributed by atoms with Gasteiger partial charge in [0.2, 0.25) is 0 Å². The van der Waals surface area contributed by atoms with Crippen LogP contribution in [0, 0.1) is 0 Å². The predicted molar refractivity (Wildman–Crippen MR) is 82.2 cm³/mol. The molecule has 3 rings (SSSR count). The van der Waals surface area contributed by atoms with Crippen LogP contribution in [-0.2, 0) is 6.54 Å². The van der Waals surface area contributed by atoms with E-state index in [4.69, 9.17) is 0 Å². The minimum absolute atomic E-state index is 0.162. The molecule has 1 aliphatic carbocycles. The van der Waals surface area contributed by atoms with E-state index >= 15 is 0 Å². The van der Waals surface area contributed by atoms with Gasteiger partial charge in [-0.3, -0.25) is 4.90 Å². The molecule has 128 valence electrons. The topological polar surface area (TPSA) is 24.5 Å². The molecule has 0 bridgehead atoms.